The topological polar surface area (TPSA) is 91.2 Å². The van der Waals surface area contributed by atoms with Crippen LogP contribution in [0.2, 0.25) is 0 Å². The molecule has 0 fully saturated rings. The number of nitrogens with one attached hydrogen (secondary N) is 1. The predicted molar refractivity (Wildman–Crippen MR) is 82.4 cm³/mol. The molecule has 2 rings (SSSR count). The third kappa shape index (κ3) is 3.54. The van der Waals surface area contributed by atoms with Gasteiger partial charge in [0.25, 0.3) is 5.91 Å². The van der Waals surface area contributed by atoms with E-state index >= 15 is 0 Å². The van der Waals surface area contributed by atoms with E-state index in [-0.39, 0.29) is 17.1 Å². The van der Waals surface area contributed by atoms with E-state index in [1.807, 2.05) is 6.92 Å². The van der Waals surface area contributed by atoms with Gasteiger partial charge in [-0.1, -0.05) is 18.2 Å². The van der Waals surface area contributed by atoms with Crippen molar-refractivity contribution >= 4 is 12.1 Å². The molecule has 1 amide bonds. The van der Waals surface area contributed by atoms with E-state index in [0.717, 1.165) is 0 Å². The van der Waals surface area contributed by atoms with Gasteiger partial charge in [-0.05, 0) is 31.2 Å². The molecule has 0 aliphatic heterocycles. The predicted octanol–water partition coefficient (Wildman–Crippen LogP) is 2.26. The maximum absolute atomic E-state index is 11.8. The Labute approximate surface area is 127 Å². The summed E-state index contributed by atoms with van der Waals surface area (Å²) < 4.78 is 5.26. The average molecular weight is 300 g/mol. The van der Waals surface area contributed by atoms with Crippen LogP contribution in [0.4, 0.5) is 0 Å². The summed E-state index contributed by atoms with van der Waals surface area (Å²) in [4.78, 5) is 11.8. The van der Waals surface area contributed by atoms with Crippen molar-refractivity contribution < 1.29 is 19.7 Å². The van der Waals surface area contributed by atoms with Gasteiger partial charge in [0.2, 0.25) is 0 Å². The Kier molecular flexibility index (Phi) is 4.98. The fraction of sp³-hybridized carbons (Fsp3) is 0.125. The Balaban J connectivity index is 2.09. The van der Waals surface area contributed by atoms with Crippen LogP contribution in [0.1, 0.15) is 22.8 Å². The Morgan fingerprint density at radius 3 is 2.73 bits per heavy atom. The van der Waals surface area contributed by atoms with E-state index in [1.54, 1.807) is 30.3 Å². The summed E-state index contributed by atoms with van der Waals surface area (Å²) >= 11 is 0. The van der Waals surface area contributed by atoms with Crippen molar-refractivity contribution in [1.29, 1.82) is 0 Å². The fourth-order valence-electron chi connectivity index (χ4n) is 1.80. The van der Waals surface area contributed by atoms with Crippen LogP contribution in [0.3, 0.4) is 0 Å². The standard InChI is InChI=1S/C16H16N2O4/c1-2-22-14-9-5-6-11(15(14)20)10-17-18-16(21)12-7-3-4-8-13(12)19/h3-10,19-20H,2H2,1H3,(H,18,21)/b17-10+. The highest BCUT2D eigenvalue weighted by molar-refractivity contribution is 5.97. The number of rotatable bonds is 5. The first-order valence-corrected chi connectivity index (χ1v) is 6.69. The summed E-state index contributed by atoms with van der Waals surface area (Å²) in [7, 11) is 0. The largest absolute Gasteiger partial charge is 0.507 e. The van der Waals surface area contributed by atoms with Crippen LogP contribution >= 0.6 is 0 Å². The minimum Gasteiger partial charge on any atom is -0.507 e. The van der Waals surface area contributed by atoms with E-state index in [4.69, 9.17) is 4.74 Å². The lowest BCUT2D eigenvalue weighted by Crippen LogP contribution is -2.17. The summed E-state index contributed by atoms with van der Waals surface area (Å²) in [6.45, 7) is 2.24. The number of para-hydroxylation sites is 2. The zero-order valence-corrected chi connectivity index (χ0v) is 12.0. The number of nitrogens with zero attached hydrogens (tertiary/aromatic N) is 1. The first kappa shape index (κ1) is 15.4. The molecular weight excluding hydrogens is 284 g/mol. The van der Waals surface area contributed by atoms with Gasteiger partial charge in [-0.15, -0.1) is 0 Å². The van der Waals surface area contributed by atoms with Gasteiger partial charge in [-0.2, -0.15) is 5.10 Å². The molecule has 3 N–H and O–H groups in total. The fourth-order valence-corrected chi connectivity index (χ4v) is 1.80. The molecule has 0 heterocycles. The maximum Gasteiger partial charge on any atom is 0.275 e. The Morgan fingerprint density at radius 2 is 2.00 bits per heavy atom. The highest BCUT2D eigenvalue weighted by atomic mass is 16.5. The van der Waals surface area contributed by atoms with Gasteiger partial charge in [0.1, 0.15) is 5.75 Å². The van der Waals surface area contributed by atoms with Crippen molar-refractivity contribution in [3.63, 3.8) is 0 Å². The number of phenolic OH excluding ortho intramolecular Hbond substituents is 2. The van der Waals surface area contributed by atoms with Gasteiger partial charge < -0.3 is 14.9 Å². The van der Waals surface area contributed by atoms with Gasteiger partial charge in [0.15, 0.2) is 11.5 Å². The van der Waals surface area contributed by atoms with E-state index in [0.29, 0.717) is 17.9 Å². The van der Waals surface area contributed by atoms with Gasteiger partial charge >= 0.3 is 0 Å². The summed E-state index contributed by atoms with van der Waals surface area (Å²) in [6, 6.07) is 11.1. The van der Waals surface area contributed by atoms with Gasteiger partial charge in [0.05, 0.1) is 18.4 Å². The number of carbonyl (C=O) groups excluding carboxylic acids is 1. The summed E-state index contributed by atoms with van der Waals surface area (Å²) in [5.41, 5.74) is 2.81. The number of amides is 1. The lowest BCUT2D eigenvalue weighted by Gasteiger charge is -2.07. The molecular formula is C16H16N2O4. The number of benzene rings is 2. The second kappa shape index (κ2) is 7.12. The zero-order valence-electron chi connectivity index (χ0n) is 12.0. The number of carbonyl (C=O) groups is 1. The van der Waals surface area contributed by atoms with Crippen molar-refractivity contribution in [3.8, 4) is 17.2 Å². The smallest absolute Gasteiger partial charge is 0.275 e. The normalized spacial score (nSPS) is 10.6. The van der Waals surface area contributed by atoms with Crippen LogP contribution < -0.4 is 10.2 Å². The highest BCUT2D eigenvalue weighted by Gasteiger charge is 2.09. The van der Waals surface area contributed by atoms with Crippen molar-refractivity contribution in [3.05, 3.63) is 53.6 Å². The van der Waals surface area contributed by atoms with Gasteiger partial charge in [0, 0.05) is 5.56 Å². The van der Waals surface area contributed by atoms with Gasteiger partial charge in [-0.25, -0.2) is 5.43 Å². The molecule has 0 saturated heterocycles. The summed E-state index contributed by atoms with van der Waals surface area (Å²) in [5.74, 6) is -0.380. The molecule has 6 nitrogen and oxygen atoms in total. The molecule has 0 aliphatic carbocycles. The molecule has 2 aromatic rings. The maximum atomic E-state index is 11.8. The van der Waals surface area contributed by atoms with Crippen LogP contribution in [0.15, 0.2) is 47.6 Å². The van der Waals surface area contributed by atoms with E-state index in [2.05, 4.69) is 10.5 Å². The Hall–Kier alpha value is -3.02. The average Bonchev–Trinajstić information content (AvgIpc) is 2.51. The SMILES string of the molecule is CCOc1cccc(/C=N/NC(=O)c2ccccc2O)c1O. The van der Waals surface area contributed by atoms with E-state index < -0.39 is 5.91 Å². The van der Waals surface area contributed by atoms with Crippen molar-refractivity contribution in [2.75, 3.05) is 6.61 Å². The third-order valence-corrected chi connectivity index (χ3v) is 2.85. The molecule has 0 aliphatic rings. The minimum atomic E-state index is -0.546. The number of hydrogen-bond donors (Lipinski definition) is 3. The van der Waals surface area contributed by atoms with Crippen LogP contribution in [0, 0.1) is 0 Å². The number of ether oxygens (including phenoxy) is 1. The van der Waals surface area contributed by atoms with Gasteiger partial charge in [-0.3, -0.25) is 4.79 Å². The molecule has 0 saturated carbocycles. The second-order valence-corrected chi connectivity index (χ2v) is 4.34. The number of aromatic hydroxyl groups is 2. The lowest BCUT2D eigenvalue weighted by atomic mass is 10.2. The first-order valence-electron chi connectivity index (χ1n) is 6.69. The quantitative estimate of drug-likeness (QED) is 0.583. The molecule has 0 atom stereocenters. The minimum absolute atomic E-state index is 0.0510. The molecule has 0 spiro atoms. The van der Waals surface area contributed by atoms with Crippen LogP contribution in [-0.4, -0.2) is 28.9 Å². The van der Waals surface area contributed by atoms with Crippen LogP contribution in [-0.2, 0) is 0 Å². The molecule has 0 bridgehead atoms. The third-order valence-electron chi connectivity index (χ3n) is 2.85. The molecule has 6 heteroatoms. The number of hydrazone groups is 1. The van der Waals surface area contributed by atoms with E-state index in [1.165, 1.54) is 18.3 Å². The summed E-state index contributed by atoms with van der Waals surface area (Å²) in [6.07, 6.45) is 1.30. The van der Waals surface area contributed by atoms with Crippen molar-refractivity contribution in [2.45, 2.75) is 6.92 Å². The number of phenols is 2. The molecule has 0 aromatic heterocycles. The molecule has 0 unspecified atom stereocenters. The van der Waals surface area contributed by atoms with Crippen LogP contribution in [0.25, 0.3) is 0 Å². The first-order chi connectivity index (χ1) is 10.6. The van der Waals surface area contributed by atoms with E-state index in [9.17, 15) is 15.0 Å². The Morgan fingerprint density at radius 1 is 1.23 bits per heavy atom. The zero-order chi connectivity index (χ0) is 15.9. The lowest BCUT2D eigenvalue weighted by molar-refractivity contribution is 0.0952. The monoisotopic (exact) mass is 300 g/mol. The molecule has 0 radical (unpaired) electrons. The molecule has 114 valence electrons. The highest BCUT2D eigenvalue weighted by Crippen LogP contribution is 2.28. The molecule has 22 heavy (non-hydrogen) atoms. The number of hydrogen-bond acceptors (Lipinski definition) is 5. The molecule has 2 aromatic carbocycles. The van der Waals surface area contributed by atoms with Crippen LogP contribution in [0.5, 0.6) is 17.2 Å². The van der Waals surface area contributed by atoms with Crippen molar-refractivity contribution in [2.24, 2.45) is 5.10 Å². The summed E-state index contributed by atoms with van der Waals surface area (Å²) in [5, 5.41) is 23.3. The van der Waals surface area contributed by atoms with Crippen molar-refractivity contribution in [1.82, 2.24) is 5.43 Å². The Bertz CT molecular complexity index is 698. The second-order valence-electron chi connectivity index (χ2n) is 4.34.